The summed E-state index contributed by atoms with van der Waals surface area (Å²) in [7, 11) is 0. The van der Waals surface area contributed by atoms with E-state index in [-0.39, 0.29) is 5.56 Å². The van der Waals surface area contributed by atoms with Crippen LogP contribution >= 0.6 is 11.9 Å². The highest BCUT2D eigenvalue weighted by Crippen LogP contribution is 2.36. The summed E-state index contributed by atoms with van der Waals surface area (Å²) in [6, 6.07) is 17.3. The summed E-state index contributed by atoms with van der Waals surface area (Å²) in [4.78, 5) is 3.14. The first kappa shape index (κ1) is 26.2. The minimum absolute atomic E-state index is 0.216. The average Bonchev–Trinajstić information content (AvgIpc) is 3.50. The van der Waals surface area contributed by atoms with Crippen LogP contribution in [0.1, 0.15) is 42.0 Å². The normalized spacial score (nSPS) is 15.8. The number of hydrogen-bond donors (Lipinski definition) is 1. The summed E-state index contributed by atoms with van der Waals surface area (Å²) < 4.78 is 45.3. The second-order valence-corrected chi connectivity index (χ2v) is 10.7. The van der Waals surface area contributed by atoms with Crippen molar-refractivity contribution in [3.63, 3.8) is 0 Å². The van der Waals surface area contributed by atoms with Gasteiger partial charge >= 0.3 is 6.18 Å². The van der Waals surface area contributed by atoms with Gasteiger partial charge in [0.05, 0.1) is 17.6 Å². The largest absolute Gasteiger partial charge is 0.393 e. The minimum atomic E-state index is -4.30. The van der Waals surface area contributed by atoms with Crippen LogP contribution in [0, 0.1) is 13.8 Å². The lowest BCUT2D eigenvalue weighted by molar-refractivity contribution is -0.127. The Bertz CT molecular complexity index is 1490. The highest BCUT2D eigenvalue weighted by Gasteiger charge is 2.29. The fourth-order valence-electron chi connectivity index (χ4n) is 5.00. The number of fused-ring (bicyclic) bond motifs is 1. The summed E-state index contributed by atoms with van der Waals surface area (Å²) >= 11 is 1.37. The average molecular weight is 538 g/mol. The van der Waals surface area contributed by atoms with Crippen LogP contribution in [-0.4, -0.2) is 38.7 Å². The Labute approximate surface area is 224 Å². The number of anilines is 1. The van der Waals surface area contributed by atoms with E-state index in [1.165, 1.54) is 11.9 Å². The lowest BCUT2D eigenvalue weighted by atomic mass is 9.98. The van der Waals surface area contributed by atoms with Crippen LogP contribution in [0.5, 0.6) is 0 Å². The Balaban J connectivity index is 1.46. The molecule has 4 aromatic rings. The van der Waals surface area contributed by atoms with Gasteiger partial charge in [-0.1, -0.05) is 30.0 Å². The summed E-state index contributed by atoms with van der Waals surface area (Å²) in [6.45, 7) is 11.2. The zero-order chi connectivity index (χ0) is 27.0. The Morgan fingerprint density at radius 3 is 2.66 bits per heavy atom. The molecule has 38 heavy (non-hydrogen) atoms. The summed E-state index contributed by atoms with van der Waals surface area (Å²) in [5, 5.41) is 8.55. The minimum Gasteiger partial charge on any atom is -0.369 e. The highest BCUT2D eigenvalue weighted by atomic mass is 32.2. The molecular weight excluding hydrogens is 507 g/mol. The molecule has 2 heterocycles. The van der Waals surface area contributed by atoms with Crippen molar-refractivity contribution in [2.45, 2.75) is 57.1 Å². The number of hydrogen-bond acceptors (Lipinski definition) is 5. The molecule has 0 aliphatic carbocycles. The van der Waals surface area contributed by atoms with E-state index in [1.807, 2.05) is 56.3 Å². The van der Waals surface area contributed by atoms with E-state index >= 15 is 0 Å². The number of nitrogens with one attached hydrogen (secondary N) is 1. The Morgan fingerprint density at radius 2 is 1.92 bits per heavy atom. The van der Waals surface area contributed by atoms with Crippen LogP contribution in [0.3, 0.4) is 0 Å². The van der Waals surface area contributed by atoms with Crippen LogP contribution < -0.4 is 4.72 Å². The molecule has 1 aliphatic heterocycles. The van der Waals surface area contributed by atoms with Crippen molar-refractivity contribution >= 4 is 34.4 Å². The lowest BCUT2D eigenvalue weighted by Gasteiger charge is -2.28. The highest BCUT2D eigenvalue weighted by molar-refractivity contribution is 8.00. The van der Waals surface area contributed by atoms with Crippen LogP contribution in [0.25, 0.3) is 22.4 Å². The molecule has 0 spiro atoms. The third-order valence-corrected chi connectivity index (χ3v) is 8.10. The number of benzene rings is 3. The monoisotopic (exact) mass is 537 g/mol. The van der Waals surface area contributed by atoms with E-state index in [1.54, 1.807) is 16.8 Å². The number of halogens is 3. The predicted molar refractivity (Wildman–Crippen MR) is 148 cm³/mol. The van der Waals surface area contributed by atoms with Crippen LogP contribution in [-0.2, 0) is 6.42 Å². The van der Waals surface area contributed by atoms with Gasteiger partial charge in [0.25, 0.3) is 0 Å². The number of likely N-dealkylation sites (tertiary alicyclic amines) is 1. The van der Waals surface area contributed by atoms with Crippen molar-refractivity contribution in [3.8, 4) is 5.69 Å². The smallest absolute Gasteiger partial charge is 0.369 e. The molecule has 1 saturated heterocycles. The number of para-hydroxylation sites is 1. The molecular formula is C29H30F3N5S. The van der Waals surface area contributed by atoms with Crippen molar-refractivity contribution in [2.24, 2.45) is 0 Å². The summed E-state index contributed by atoms with van der Waals surface area (Å²) in [5.41, 5.74) is 6.87. The predicted octanol–water partition coefficient (Wildman–Crippen LogP) is 7.72. The topological polar surface area (TPSA) is 46.0 Å². The van der Waals surface area contributed by atoms with Gasteiger partial charge < -0.3 is 9.62 Å². The molecule has 1 atom stereocenters. The zero-order valence-electron chi connectivity index (χ0n) is 21.6. The molecule has 1 aromatic heterocycles. The number of rotatable bonds is 7. The molecule has 0 saturated carbocycles. The Hall–Kier alpha value is -3.46. The molecule has 1 unspecified atom stereocenters. The number of aromatic nitrogens is 3. The van der Waals surface area contributed by atoms with E-state index in [0.717, 1.165) is 63.4 Å². The molecule has 5 rings (SSSR count). The third kappa shape index (κ3) is 5.38. The first-order valence-electron chi connectivity index (χ1n) is 12.6. The van der Waals surface area contributed by atoms with Crippen molar-refractivity contribution < 1.29 is 13.2 Å². The number of alkyl halides is 3. The Kier molecular flexibility index (Phi) is 7.13. The second kappa shape index (κ2) is 10.4. The molecule has 0 amide bonds. The first-order valence-corrected chi connectivity index (χ1v) is 13.4. The molecule has 0 bridgehead atoms. The van der Waals surface area contributed by atoms with Crippen LogP contribution in [0.15, 0.2) is 66.1 Å². The lowest BCUT2D eigenvalue weighted by Crippen LogP contribution is -2.25. The molecule has 0 radical (unpaired) electrons. The second-order valence-electron chi connectivity index (χ2n) is 9.88. The zero-order valence-corrected chi connectivity index (χ0v) is 22.5. The Morgan fingerprint density at radius 1 is 1.13 bits per heavy atom. The molecule has 9 heteroatoms. The van der Waals surface area contributed by atoms with Gasteiger partial charge in [-0.2, -0.15) is 13.2 Å². The van der Waals surface area contributed by atoms with Gasteiger partial charge in [0.15, 0.2) is 0 Å². The van der Waals surface area contributed by atoms with E-state index in [4.69, 9.17) is 0 Å². The fraction of sp³-hybridized carbons (Fsp3) is 0.310. The van der Waals surface area contributed by atoms with Gasteiger partial charge in [0.1, 0.15) is 5.52 Å². The molecule has 3 aromatic carbocycles. The molecule has 1 aliphatic rings. The van der Waals surface area contributed by atoms with Gasteiger partial charge in [-0.3, -0.25) is 0 Å². The SMILES string of the molecule is C=C(c1cc(CC(F)(F)F)cc(NSc2cc(-n3nnc4ccccc43)ccc2C)c1C)N1CCCC1C. The van der Waals surface area contributed by atoms with E-state index < -0.39 is 12.6 Å². The van der Waals surface area contributed by atoms with Gasteiger partial charge in [-0.25, -0.2) is 4.68 Å². The van der Waals surface area contributed by atoms with Crippen LogP contribution in [0.2, 0.25) is 0 Å². The van der Waals surface area contributed by atoms with Crippen LogP contribution in [0.4, 0.5) is 18.9 Å². The van der Waals surface area contributed by atoms with Crippen molar-refractivity contribution in [3.05, 3.63) is 83.4 Å². The van der Waals surface area contributed by atoms with Crippen molar-refractivity contribution in [1.29, 1.82) is 0 Å². The molecule has 198 valence electrons. The maximum atomic E-state index is 13.4. The van der Waals surface area contributed by atoms with Crippen molar-refractivity contribution in [1.82, 2.24) is 19.9 Å². The maximum Gasteiger partial charge on any atom is 0.393 e. The number of aryl methyl sites for hydroxylation is 1. The van der Waals surface area contributed by atoms with Gasteiger partial charge in [0, 0.05) is 34.4 Å². The van der Waals surface area contributed by atoms with Gasteiger partial charge in [-0.05, 0) is 98.6 Å². The summed E-state index contributed by atoms with van der Waals surface area (Å²) in [5.74, 6) is 0. The van der Waals surface area contributed by atoms with E-state index in [9.17, 15) is 13.2 Å². The standard InChI is InChI=1S/C29H30F3N5S/c1-18-11-12-23(37-27-10-6-5-9-25(27)33-35-37)16-28(18)38-34-26-15-22(17-29(30,31)32)14-24(20(26)3)21(4)36-13-7-8-19(36)2/h5-6,9-12,14-16,19,34H,4,7-8,13,17H2,1-3H3. The first-order chi connectivity index (χ1) is 18.1. The number of nitrogens with zero attached hydrogens (tertiary/aromatic N) is 4. The molecule has 1 N–H and O–H groups in total. The quantitative estimate of drug-likeness (QED) is 0.245. The maximum absolute atomic E-state index is 13.4. The summed E-state index contributed by atoms with van der Waals surface area (Å²) in [6.07, 6.45) is -3.18. The van der Waals surface area contributed by atoms with Crippen molar-refractivity contribution in [2.75, 3.05) is 11.3 Å². The van der Waals surface area contributed by atoms with Gasteiger partial charge in [-0.15, -0.1) is 5.10 Å². The third-order valence-electron chi connectivity index (χ3n) is 7.12. The molecule has 1 fully saturated rings. The van der Waals surface area contributed by atoms with Gasteiger partial charge in [0.2, 0.25) is 0 Å². The van der Waals surface area contributed by atoms with E-state index in [2.05, 4.69) is 33.4 Å². The molecule has 5 nitrogen and oxygen atoms in total. The fourth-order valence-corrected chi connectivity index (χ4v) is 5.84. The van der Waals surface area contributed by atoms with E-state index in [0.29, 0.717) is 11.7 Å².